The number of rotatable bonds is 6. The Morgan fingerprint density at radius 1 is 1.45 bits per heavy atom. The van der Waals surface area contributed by atoms with Gasteiger partial charge < -0.3 is 10.1 Å². The van der Waals surface area contributed by atoms with Gasteiger partial charge in [0.2, 0.25) is 0 Å². The summed E-state index contributed by atoms with van der Waals surface area (Å²) in [6, 6.07) is 6.20. The van der Waals surface area contributed by atoms with Gasteiger partial charge in [0, 0.05) is 0 Å². The monoisotopic (exact) mass is 295 g/mol. The third kappa shape index (κ3) is 4.39. The minimum Gasteiger partial charge on any atom is -0.492 e. The molecule has 0 amide bonds. The zero-order valence-electron chi connectivity index (χ0n) is 12.6. The smallest absolute Gasteiger partial charge is 0.137 e. The van der Waals surface area contributed by atoms with Crippen molar-refractivity contribution in [1.82, 2.24) is 5.32 Å². The highest BCUT2D eigenvalue weighted by atomic mass is 35.5. The molecule has 0 saturated carbocycles. The second-order valence-corrected chi connectivity index (χ2v) is 6.26. The van der Waals surface area contributed by atoms with E-state index in [1.807, 2.05) is 12.1 Å². The highest BCUT2D eigenvalue weighted by molar-refractivity contribution is 6.32. The average molecular weight is 296 g/mol. The van der Waals surface area contributed by atoms with Crippen LogP contribution < -0.4 is 10.1 Å². The fourth-order valence-electron chi connectivity index (χ4n) is 2.68. The second kappa shape index (κ2) is 7.90. The quantitative estimate of drug-likeness (QED) is 0.826. The third-order valence-electron chi connectivity index (χ3n) is 4.32. The molecule has 3 heteroatoms. The van der Waals surface area contributed by atoms with Crippen LogP contribution in [0.3, 0.4) is 0 Å². The first kappa shape index (κ1) is 15.7. The number of halogens is 1. The fourth-order valence-corrected chi connectivity index (χ4v) is 2.93. The van der Waals surface area contributed by atoms with Crippen molar-refractivity contribution in [3.05, 3.63) is 28.8 Å². The van der Waals surface area contributed by atoms with Crippen molar-refractivity contribution in [3.8, 4) is 5.75 Å². The number of hydrogen-bond acceptors (Lipinski definition) is 2. The molecule has 1 saturated heterocycles. The molecule has 1 aromatic carbocycles. The van der Waals surface area contributed by atoms with E-state index in [0.717, 1.165) is 42.7 Å². The maximum atomic E-state index is 6.31. The van der Waals surface area contributed by atoms with Gasteiger partial charge >= 0.3 is 0 Å². The van der Waals surface area contributed by atoms with E-state index in [9.17, 15) is 0 Å². The molecule has 2 rings (SSSR count). The molecule has 1 aliphatic heterocycles. The van der Waals surface area contributed by atoms with E-state index in [1.165, 1.54) is 24.9 Å². The van der Waals surface area contributed by atoms with Gasteiger partial charge in [-0.15, -0.1) is 0 Å². The lowest BCUT2D eigenvalue weighted by Crippen LogP contribution is -2.30. The Kier molecular flexibility index (Phi) is 6.18. The maximum Gasteiger partial charge on any atom is 0.137 e. The summed E-state index contributed by atoms with van der Waals surface area (Å²) in [6.07, 6.45) is 4.84. The molecular weight excluding hydrogens is 270 g/mol. The number of hydrogen-bond donors (Lipinski definition) is 1. The lowest BCUT2D eigenvalue weighted by molar-refractivity contribution is 0.254. The molecule has 112 valence electrons. The van der Waals surface area contributed by atoms with Crippen LogP contribution in [0.4, 0.5) is 0 Å². The molecule has 0 aromatic heterocycles. The molecule has 0 aliphatic carbocycles. The lowest BCUT2D eigenvalue weighted by atomic mass is 9.97. The molecule has 2 atom stereocenters. The van der Waals surface area contributed by atoms with Gasteiger partial charge in [0.25, 0.3) is 0 Å². The van der Waals surface area contributed by atoms with Crippen molar-refractivity contribution < 1.29 is 4.74 Å². The number of nitrogens with one attached hydrogen (secondary N) is 1. The predicted molar refractivity (Wildman–Crippen MR) is 85.9 cm³/mol. The third-order valence-corrected chi connectivity index (χ3v) is 4.62. The first-order chi connectivity index (χ1) is 9.70. The Morgan fingerprint density at radius 3 is 2.95 bits per heavy atom. The molecule has 1 N–H and O–H groups in total. The van der Waals surface area contributed by atoms with Gasteiger partial charge in [-0.25, -0.2) is 0 Å². The van der Waals surface area contributed by atoms with Crippen LogP contribution in [-0.2, 0) is 0 Å². The van der Waals surface area contributed by atoms with Gasteiger partial charge in [0.05, 0.1) is 11.6 Å². The minimum absolute atomic E-state index is 0.551. The second-order valence-electron chi connectivity index (χ2n) is 5.85. The van der Waals surface area contributed by atoms with Gasteiger partial charge in [-0.3, -0.25) is 0 Å². The Hall–Kier alpha value is -0.730. The molecule has 1 aromatic rings. The first-order valence-corrected chi connectivity index (χ1v) is 8.21. The molecule has 1 aliphatic rings. The zero-order valence-corrected chi connectivity index (χ0v) is 13.4. The Labute approximate surface area is 127 Å². The van der Waals surface area contributed by atoms with Crippen molar-refractivity contribution in [2.45, 2.75) is 45.4 Å². The molecule has 2 nitrogen and oxygen atoms in total. The number of benzene rings is 1. The van der Waals surface area contributed by atoms with Crippen LogP contribution in [0.2, 0.25) is 5.02 Å². The Bertz CT molecular complexity index is 415. The van der Waals surface area contributed by atoms with E-state index >= 15 is 0 Å². The van der Waals surface area contributed by atoms with E-state index in [-0.39, 0.29) is 0 Å². The van der Waals surface area contributed by atoms with Crippen LogP contribution in [0.15, 0.2) is 18.2 Å². The van der Waals surface area contributed by atoms with E-state index in [1.54, 1.807) is 0 Å². The maximum absolute atomic E-state index is 6.31. The van der Waals surface area contributed by atoms with Gasteiger partial charge in [-0.2, -0.15) is 0 Å². The zero-order chi connectivity index (χ0) is 14.4. The van der Waals surface area contributed by atoms with Crippen LogP contribution in [0.5, 0.6) is 5.75 Å². The standard InChI is InChI=1S/C17H26ClNO/c1-3-13(2)15-6-7-17(16(18)11-15)20-10-8-14-5-4-9-19-12-14/h6-7,11,13-14,19H,3-5,8-10,12H2,1-2H3. The van der Waals surface area contributed by atoms with Crippen molar-refractivity contribution in [3.63, 3.8) is 0 Å². The molecule has 0 spiro atoms. The largest absolute Gasteiger partial charge is 0.492 e. The Morgan fingerprint density at radius 2 is 2.30 bits per heavy atom. The highest BCUT2D eigenvalue weighted by Gasteiger charge is 2.13. The lowest BCUT2D eigenvalue weighted by Gasteiger charge is -2.22. The molecule has 1 heterocycles. The van der Waals surface area contributed by atoms with Crippen LogP contribution in [0, 0.1) is 5.92 Å². The van der Waals surface area contributed by atoms with E-state index < -0.39 is 0 Å². The minimum atomic E-state index is 0.551. The van der Waals surface area contributed by atoms with Crippen molar-refractivity contribution in [2.75, 3.05) is 19.7 Å². The topological polar surface area (TPSA) is 21.3 Å². The van der Waals surface area contributed by atoms with Crippen LogP contribution >= 0.6 is 11.6 Å². The van der Waals surface area contributed by atoms with E-state index in [0.29, 0.717) is 5.92 Å². The van der Waals surface area contributed by atoms with Crippen LogP contribution in [0.1, 0.15) is 51.0 Å². The van der Waals surface area contributed by atoms with E-state index in [4.69, 9.17) is 16.3 Å². The number of piperidine rings is 1. The molecule has 20 heavy (non-hydrogen) atoms. The summed E-state index contributed by atoms with van der Waals surface area (Å²) in [7, 11) is 0. The van der Waals surface area contributed by atoms with Crippen molar-refractivity contribution >= 4 is 11.6 Å². The summed E-state index contributed by atoms with van der Waals surface area (Å²) in [5.41, 5.74) is 1.29. The van der Waals surface area contributed by atoms with Gasteiger partial charge in [0.1, 0.15) is 5.75 Å². The Balaban J connectivity index is 1.83. The molecule has 1 fully saturated rings. The fraction of sp³-hybridized carbons (Fsp3) is 0.647. The number of ether oxygens (including phenoxy) is 1. The van der Waals surface area contributed by atoms with Crippen LogP contribution in [-0.4, -0.2) is 19.7 Å². The summed E-state index contributed by atoms with van der Waals surface area (Å²) >= 11 is 6.31. The van der Waals surface area contributed by atoms with Crippen molar-refractivity contribution in [1.29, 1.82) is 0 Å². The summed E-state index contributed by atoms with van der Waals surface area (Å²) in [6.45, 7) is 7.47. The summed E-state index contributed by atoms with van der Waals surface area (Å²) in [5.74, 6) is 2.12. The van der Waals surface area contributed by atoms with Crippen molar-refractivity contribution in [2.24, 2.45) is 5.92 Å². The molecule has 2 unspecified atom stereocenters. The normalized spacial score (nSPS) is 20.6. The van der Waals surface area contributed by atoms with Gasteiger partial charge in [-0.05, 0) is 68.3 Å². The molecule has 0 radical (unpaired) electrons. The summed E-state index contributed by atoms with van der Waals surface area (Å²) in [4.78, 5) is 0. The average Bonchev–Trinajstić information content (AvgIpc) is 2.49. The van der Waals surface area contributed by atoms with Gasteiger partial charge in [0.15, 0.2) is 0 Å². The van der Waals surface area contributed by atoms with Gasteiger partial charge in [-0.1, -0.05) is 31.5 Å². The summed E-state index contributed by atoms with van der Waals surface area (Å²) in [5, 5.41) is 4.18. The molecular formula is C17H26ClNO. The predicted octanol–water partition coefficient (Wildman–Crippen LogP) is 4.62. The highest BCUT2D eigenvalue weighted by Crippen LogP contribution is 2.30. The van der Waals surface area contributed by atoms with Crippen LogP contribution in [0.25, 0.3) is 0 Å². The summed E-state index contributed by atoms with van der Waals surface area (Å²) < 4.78 is 5.85. The first-order valence-electron chi connectivity index (χ1n) is 7.83. The van der Waals surface area contributed by atoms with E-state index in [2.05, 4.69) is 25.2 Å². The molecule has 0 bridgehead atoms. The SMILES string of the molecule is CCC(C)c1ccc(OCCC2CCCNC2)c(Cl)c1.